The number of nitrogens with one attached hydrogen (secondary N) is 1. The van der Waals surface area contributed by atoms with Gasteiger partial charge in [0.15, 0.2) is 0 Å². The fraction of sp³-hybridized carbons (Fsp3) is 0.417. The third-order valence-corrected chi connectivity index (χ3v) is 2.93. The molecule has 0 bridgehead atoms. The molecule has 3 nitrogen and oxygen atoms in total. The van der Waals surface area contributed by atoms with Gasteiger partial charge in [0.2, 0.25) is 5.91 Å². The first-order chi connectivity index (χ1) is 8.08. The van der Waals surface area contributed by atoms with Crippen molar-refractivity contribution in [1.29, 1.82) is 0 Å². The predicted molar refractivity (Wildman–Crippen MR) is 67.5 cm³/mol. The number of nitrogens with two attached hydrogens (primary N) is 1. The van der Waals surface area contributed by atoms with E-state index in [0.717, 1.165) is 6.42 Å². The van der Waals surface area contributed by atoms with Crippen LogP contribution in [0.3, 0.4) is 0 Å². The largest absolute Gasteiger partial charge is 0.330 e. The van der Waals surface area contributed by atoms with Crippen LogP contribution in [0, 0.1) is 11.7 Å². The Balaban J connectivity index is 2.68. The molecule has 94 valence electrons. The Labute approximate surface area is 105 Å². The lowest BCUT2D eigenvalue weighted by atomic mass is 10.0. The fourth-order valence-corrected chi connectivity index (χ4v) is 1.67. The Hall–Kier alpha value is -1.13. The summed E-state index contributed by atoms with van der Waals surface area (Å²) >= 11 is 5.80. The molecule has 0 saturated carbocycles. The quantitative estimate of drug-likeness (QED) is 0.853. The van der Waals surface area contributed by atoms with E-state index in [9.17, 15) is 9.18 Å². The van der Waals surface area contributed by atoms with Crippen LogP contribution >= 0.6 is 11.6 Å². The molecule has 1 amide bonds. The zero-order valence-electron chi connectivity index (χ0n) is 9.67. The fourth-order valence-electron chi connectivity index (χ4n) is 1.46. The summed E-state index contributed by atoms with van der Waals surface area (Å²) in [7, 11) is 0. The SMILES string of the molecule is CCC(CN)CC(=O)Nc1c(F)cccc1Cl. The van der Waals surface area contributed by atoms with Crippen molar-refractivity contribution in [3.8, 4) is 0 Å². The molecule has 1 atom stereocenters. The third-order valence-electron chi connectivity index (χ3n) is 2.61. The molecule has 3 N–H and O–H groups in total. The molecule has 0 fully saturated rings. The number of benzene rings is 1. The summed E-state index contributed by atoms with van der Waals surface area (Å²) in [6, 6.07) is 4.27. The van der Waals surface area contributed by atoms with Gasteiger partial charge in [-0.15, -0.1) is 0 Å². The summed E-state index contributed by atoms with van der Waals surface area (Å²) in [6.07, 6.45) is 1.09. The minimum absolute atomic E-state index is 0.0334. The molecule has 0 heterocycles. The minimum atomic E-state index is -0.536. The lowest BCUT2D eigenvalue weighted by Gasteiger charge is -2.13. The molecule has 1 unspecified atom stereocenters. The molecule has 0 aliphatic carbocycles. The molecule has 0 aliphatic rings. The number of hydrogen-bond donors (Lipinski definition) is 2. The Morgan fingerprint density at radius 1 is 1.59 bits per heavy atom. The summed E-state index contributed by atoms with van der Waals surface area (Å²) in [5.74, 6) is -0.693. The zero-order valence-corrected chi connectivity index (χ0v) is 10.4. The number of rotatable bonds is 5. The second-order valence-electron chi connectivity index (χ2n) is 3.86. The first-order valence-electron chi connectivity index (χ1n) is 5.52. The predicted octanol–water partition coefficient (Wildman–Crippen LogP) is 2.79. The van der Waals surface area contributed by atoms with Crippen LogP contribution in [0.25, 0.3) is 0 Å². The first kappa shape index (κ1) is 13.9. The van der Waals surface area contributed by atoms with E-state index in [0.29, 0.717) is 6.54 Å². The number of carbonyl (C=O) groups is 1. The highest BCUT2D eigenvalue weighted by Gasteiger charge is 2.14. The molecule has 17 heavy (non-hydrogen) atoms. The number of amides is 1. The molecule has 0 aliphatic heterocycles. The summed E-state index contributed by atoms with van der Waals surface area (Å²) in [5.41, 5.74) is 5.54. The molecule has 0 saturated heterocycles. The second-order valence-corrected chi connectivity index (χ2v) is 4.27. The van der Waals surface area contributed by atoms with E-state index in [1.807, 2.05) is 6.92 Å². The van der Waals surface area contributed by atoms with Gasteiger partial charge in [-0.3, -0.25) is 4.79 Å². The number of anilines is 1. The molecular weight excluding hydrogens is 243 g/mol. The van der Waals surface area contributed by atoms with Crippen molar-refractivity contribution in [2.45, 2.75) is 19.8 Å². The molecule has 0 radical (unpaired) electrons. The Morgan fingerprint density at radius 3 is 2.82 bits per heavy atom. The van der Waals surface area contributed by atoms with Crippen LogP contribution in [0.2, 0.25) is 5.02 Å². The van der Waals surface area contributed by atoms with Crippen LogP contribution in [-0.4, -0.2) is 12.5 Å². The molecular formula is C12H16ClFN2O. The summed E-state index contributed by atoms with van der Waals surface area (Å²) in [5, 5.41) is 2.67. The average molecular weight is 259 g/mol. The lowest BCUT2D eigenvalue weighted by Crippen LogP contribution is -2.22. The second kappa shape index (κ2) is 6.57. The van der Waals surface area contributed by atoms with Gasteiger partial charge in [0.25, 0.3) is 0 Å². The maximum atomic E-state index is 13.4. The van der Waals surface area contributed by atoms with Crippen molar-refractivity contribution >= 4 is 23.2 Å². The zero-order chi connectivity index (χ0) is 12.8. The highest BCUT2D eigenvalue weighted by atomic mass is 35.5. The minimum Gasteiger partial charge on any atom is -0.330 e. The molecule has 5 heteroatoms. The van der Waals surface area contributed by atoms with Gasteiger partial charge in [-0.05, 0) is 24.6 Å². The normalized spacial score (nSPS) is 12.2. The van der Waals surface area contributed by atoms with Crippen LogP contribution in [0.1, 0.15) is 19.8 Å². The maximum Gasteiger partial charge on any atom is 0.224 e. The number of halogens is 2. The molecule has 1 aromatic rings. The molecule has 0 spiro atoms. The van der Waals surface area contributed by atoms with E-state index in [1.165, 1.54) is 18.2 Å². The smallest absolute Gasteiger partial charge is 0.224 e. The van der Waals surface area contributed by atoms with Gasteiger partial charge >= 0.3 is 0 Å². The van der Waals surface area contributed by atoms with Gasteiger partial charge in [0.1, 0.15) is 5.82 Å². The van der Waals surface area contributed by atoms with Gasteiger partial charge in [-0.2, -0.15) is 0 Å². The van der Waals surface area contributed by atoms with Gasteiger partial charge in [0, 0.05) is 6.42 Å². The maximum absolute atomic E-state index is 13.4. The highest BCUT2D eigenvalue weighted by molar-refractivity contribution is 6.33. The molecule has 1 aromatic carbocycles. The Kier molecular flexibility index (Phi) is 5.38. The van der Waals surface area contributed by atoms with E-state index >= 15 is 0 Å². The molecule has 0 aromatic heterocycles. The third kappa shape index (κ3) is 3.98. The van der Waals surface area contributed by atoms with Crippen molar-refractivity contribution in [3.63, 3.8) is 0 Å². The number of carbonyl (C=O) groups excluding carboxylic acids is 1. The average Bonchev–Trinajstić information content (AvgIpc) is 2.31. The van der Waals surface area contributed by atoms with Gasteiger partial charge in [-0.25, -0.2) is 4.39 Å². The van der Waals surface area contributed by atoms with Crippen LogP contribution < -0.4 is 11.1 Å². The van der Waals surface area contributed by atoms with Gasteiger partial charge < -0.3 is 11.1 Å². The summed E-state index contributed by atoms with van der Waals surface area (Å²) in [6.45, 7) is 2.40. The van der Waals surface area contributed by atoms with E-state index in [-0.39, 0.29) is 29.0 Å². The van der Waals surface area contributed by atoms with Crippen LogP contribution in [0.5, 0.6) is 0 Å². The van der Waals surface area contributed by atoms with Crippen molar-refractivity contribution in [1.82, 2.24) is 0 Å². The topological polar surface area (TPSA) is 55.1 Å². The van der Waals surface area contributed by atoms with Crippen LogP contribution in [0.15, 0.2) is 18.2 Å². The monoisotopic (exact) mass is 258 g/mol. The lowest BCUT2D eigenvalue weighted by molar-refractivity contribution is -0.117. The van der Waals surface area contributed by atoms with E-state index in [4.69, 9.17) is 17.3 Å². The Morgan fingerprint density at radius 2 is 2.29 bits per heavy atom. The summed E-state index contributed by atoms with van der Waals surface area (Å²) in [4.78, 5) is 11.7. The van der Waals surface area contributed by atoms with Crippen molar-refractivity contribution < 1.29 is 9.18 Å². The van der Waals surface area contributed by atoms with Gasteiger partial charge in [-0.1, -0.05) is 31.0 Å². The van der Waals surface area contributed by atoms with Crippen molar-refractivity contribution in [2.75, 3.05) is 11.9 Å². The standard InChI is InChI=1S/C12H16ClFN2O/c1-2-8(7-15)6-11(17)16-12-9(13)4-3-5-10(12)14/h3-5,8H,2,6-7,15H2,1H3,(H,16,17). The van der Waals surface area contributed by atoms with Crippen molar-refractivity contribution in [2.24, 2.45) is 11.7 Å². The summed E-state index contributed by atoms with van der Waals surface area (Å²) < 4.78 is 13.4. The van der Waals surface area contributed by atoms with Crippen molar-refractivity contribution in [3.05, 3.63) is 29.0 Å². The number of para-hydroxylation sites is 1. The Bertz CT molecular complexity index is 374. The van der Waals surface area contributed by atoms with E-state index in [2.05, 4.69) is 5.32 Å². The van der Waals surface area contributed by atoms with Gasteiger partial charge in [0.05, 0.1) is 10.7 Å². The van der Waals surface area contributed by atoms with E-state index in [1.54, 1.807) is 0 Å². The van der Waals surface area contributed by atoms with E-state index < -0.39 is 5.82 Å². The highest BCUT2D eigenvalue weighted by Crippen LogP contribution is 2.25. The van der Waals surface area contributed by atoms with Crippen LogP contribution in [-0.2, 0) is 4.79 Å². The molecule has 1 rings (SSSR count). The number of hydrogen-bond acceptors (Lipinski definition) is 2. The first-order valence-corrected chi connectivity index (χ1v) is 5.90. The van der Waals surface area contributed by atoms with Crippen LogP contribution in [0.4, 0.5) is 10.1 Å².